The molecular weight excluding hydrogens is 376 g/mol. The molecular formula is C21H12N2O6. The molecule has 2 N–H and O–H groups in total. The zero-order valence-corrected chi connectivity index (χ0v) is 14.7. The second-order valence-corrected chi connectivity index (χ2v) is 6.27. The van der Waals surface area contributed by atoms with E-state index in [1.165, 1.54) is 24.3 Å². The molecule has 1 aliphatic rings. The Kier molecular flexibility index (Phi) is 4.16. The van der Waals surface area contributed by atoms with Crippen molar-refractivity contribution < 1.29 is 24.0 Å². The second-order valence-electron chi connectivity index (χ2n) is 6.27. The predicted molar refractivity (Wildman–Crippen MR) is 102 cm³/mol. The molecule has 0 saturated carbocycles. The first kappa shape index (κ1) is 18.1. The van der Waals surface area contributed by atoms with Crippen LogP contribution in [0.4, 0.5) is 11.4 Å². The number of carbonyl (C=O) groups excluding carboxylic acids is 3. The van der Waals surface area contributed by atoms with Crippen molar-refractivity contribution in [2.24, 2.45) is 0 Å². The van der Waals surface area contributed by atoms with E-state index in [9.17, 15) is 24.5 Å². The first-order valence-electron chi connectivity index (χ1n) is 8.46. The van der Waals surface area contributed by atoms with Crippen LogP contribution in [0, 0.1) is 10.1 Å². The minimum Gasteiger partial charge on any atom is -0.423 e. The first-order valence-corrected chi connectivity index (χ1v) is 8.46. The number of esters is 1. The van der Waals surface area contributed by atoms with Crippen LogP contribution >= 0.6 is 0 Å². The fourth-order valence-electron chi connectivity index (χ4n) is 3.26. The summed E-state index contributed by atoms with van der Waals surface area (Å²) in [6, 6.07) is 14.9. The number of rotatable bonds is 3. The van der Waals surface area contributed by atoms with E-state index in [1.54, 1.807) is 30.3 Å². The van der Waals surface area contributed by atoms with E-state index >= 15 is 0 Å². The molecule has 1 aliphatic carbocycles. The smallest absolute Gasteiger partial charge is 0.345 e. The Hall–Kier alpha value is -4.33. The number of nitrogen functional groups attached to an aromatic ring is 1. The van der Waals surface area contributed by atoms with Gasteiger partial charge in [-0.2, -0.15) is 0 Å². The van der Waals surface area contributed by atoms with Gasteiger partial charge in [-0.3, -0.25) is 19.7 Å². The number of fused-ring (bicyclic) bond motifs is 2. The molecule has 0 amide bonds. The van der Waals surface area contributed by atoms with Gasteiger partial charge in [-0.15, -0.1) is 0 Å². The van der Waals surface area contributed by atoms with Crippen LogP contribution in [0.5, 0.6) is 5.75 Å². The first-order chi connectivity index (χ1) is 13.9. The van der Waals surface area contributed by atoms with Gasteiger partial charge in [-0.25, -0.2) is 4.79 Å². The second kappa shape index (κ2) is 6.68. The van der Waals surface area contributed by atoms with Crippen LogP contribution in [-0.4, -0.2) is 22.5 Å². The van der Waals surface area contributed by atoms with Crippen LogP contribution in [0.2, 0.25) is 0 Å². The molecule has 8 heteroatoms. The Morgan fingerprint density at radius 1 is 0.897 bits per heavy atom. The number of benzene rings is 3. The quantitative estimate of drug-likeness (QED) is 0.188. The van der Waals surface area contributed by atoms with Gasteiger partial charge >= 0.3 is 5.97 Å². The molecule has 0 aromatic heterocycles. The highest BCUT2D eigenvalue weighted by molar-refractivity contribution is 6.32. The van der Waals surface area contributed by atoms with Crippen molar-refractivity contribution in [2.45, 2.75) is 0 Å². The molecule has 0 spiro atoms. The highest BCUT2D eigenvalue weighted by atomic mass is 16.6. The summed E-state index contributed by atoms with van der Waals surface area (Å²) in [4.78, 5) is 49.3. The number of nitrogens with zero attached hydrogens (tertiary/aromatic N) is 1. The maximum atomic E-state index is 13.0. The SMILES string of the molecule is Nc1c(C(=O)Oc2ccccc2)cc([N+](=O)[O-])c2c1C(=O)c1ccccc1C2=O. The number of hydrogen-bond acceptors (Lipinski definition) is 7. The normalized spacial score (nSPS) is 12.1. The minimum atomic E-state index is -0.973. The third kappa shape index (κ3) is 2.83. The molecule has 0 heterocycles. The summed E-state index contributed by atoms with van der Waals surface area (Å²) in [5.41, 5.74) is 4.00. The molecule has 0 saturated heterocycles. The molecule has 0 bridgehead atoms. The van der Waals surface area contributed by atoms with E-state index < -0.39 is 33.7 Å². The average Bonchev–Trinajstić information content (AvgIpc) is 2.72. The number of nitrogens with two attached hydrogens (primary N) is 1. The van der Waals surface area contributed by atoms with Gasteiger partial charge in [-0.1, -0.05) is 42.5 Å². The van der Waals surface area contributed by atoms with Gasteiger partial charge in [-0.05, 0) is 12.1 Å². The van der Waals surface area contributed by atoms with Gasteiger partial charge in [0.15, 0.2) is 5.78 Å². The largest absolute Gasteiger partial charge is 0.423 e. The molecule has 0 atom stereocenters. The number of hydrogen-bond donors (Lipinski definition) is 1. The van der Waals surface area contributed by atoms with Crippen LogP contribution in [-0.2, 0) is 0 Å². The number of nitro benzene ring substituents is 1. The lowest BCUT2D eigenvalue weighted by atomic mass is 9.81. The van der Waals surface area contributed by atoms with E-state index in [-0.39, 0.29) is 33.7 Å². The van der Waals surface area contributed by atoms with Gasteiger partial charge in [0.05, 0.1) is 21.7 Å². The average molecular weight is 388 g/mol. The van der Waals surface area contributed by atoms with E-state index in [1.807, 2.05) is 0 Å². The van der Waals surface area contributed by atoms with Crippen LogP contribution in [0.15, 0.2) is 60.7 Å². The number of ether oxygens (including phenoxy) is 1. The van der Waals surface area contributed by atoms with Gasteiger partial charge in [0, 0.05) is 17.2 Å². The lowest BCUT2D eigenvalue weighted by molar-refractivity contribution is -0.385. The van der Waals surface area contributed by atoms with E-state index in [2.05, 4.69) is 0 Å². The van der Waals surface area contributed by atoms with Crippen molar-refractivity contribution in [3.8, 4) is 5.75 Å². The topological polar surface area (TPSA) is 130 Å². The Bertz CT molecular complexity index is 1220. The van der Waals surface area contributed by atoms with Crippen molar-refractivity contribution in [3.05, 3.63) is 98.6 Å². The molecule has 0 aliphatic heterocycles. The summed E-state index contributed by atoms with van der Waals surface area (Å²) in [7, 11) is 0. The fourth-order valence-corrected chi connectivity index (χ4v) is 3.26. The third-order valence-corrected chi connectivity index (χ3v) is 4.59. The van der Waals surface area contributed by atoms with Crippen molar-refractivity contribution in [1.82, 2.24) is 0 Å². The summed E-state index contributed by atoms with van der Waals surface area (Å²) in [6.45, 7) is 0. The van der Waals surface area contributed by atoms with Crippen molar-refractivity contribution in [1.29, 1.82) is 0 Å². The van der Waals surface area contributed by atoms with Gasteiger partial charge < -0.3 is 10.5 Å². The molecule has 0 unspecified atom stereocenters. The fraction of sp³-hybridized carbons (Fsp3) is 0. The van der Waals surface area contributed by atoms with E-state index in [0.29, 0.717) is 0 Å². The monoisotopic (exact) mass is 388 g/mol. The molecule has 3 aromatic rings. The zero-order valence-electron chi connectivity index (χ0n) is 14.7. The number of nitro groups is 1. The lowest BCUT2D eigenvalue weighted by Gasteiger charge is -2.20. The molecule has 142 valence electrons. The third-order valence-electron chi connectivity index (χ3n) is 4.59. The van der Waals surface area contributed by atoms with Crippen LogP contribution in [0.25, 0.3) is 0 Å². The summed E-state index contributed by atoms with van der Waals surface area (Å²) < 4.78 is 5.20. The maximum Gasteiger partial charge on any atom is 0.345 e. The van der Waals surface area contributed by atoms with Gasteiger partial charge in [0.2, 0.25) is 5.78 Å². The maximum absolute atomic E-state index is 13.0. The Morgan fingerprint density at radius 3 is 2.03 bits per heavy atom. The van der Waals surface area contributed by atoms with Crippen molar-refractivity contribution >= 4 is 28.9 Å². The summed E-state index contributed by atoms with van der Waals surface area (Å²) in [5.74, 6) is -2.13. The highest BCUT2D eigenvalue weighted by Gasteiger charge is 2.39. The number of carbonyl (C=O) groups is 3. The van der Waals surface area contributed by atoms with Gasteiger partial charge in [0.25, 0.3) is 5.69 Å². The van der Waals surface area contributed by atoms with Crippen molar-refractivity contribution in [3.63, 3.8) is 0 Å². The van der Waals surface area contributed by atoms with Crippen LogP contribution in [0.1, 0.15) is 42.2 Å². The molecule has 3 aromatic carbocycles. The molecule has 8 nitrogen and oxygen atoms in total. The van der Waals surface area contributed by atoms with E-state index in [4.69, 9.17) is 10.5 Å². The number of para-hydroxylation sites is 1. The summed E-state index contributed by atoms with van der Waals surface area (Å²) in [5, 5.41) is 11.6. The standard InChI is InChI=1S/C21H12N2O6/c22-18-14(21(26)29-11-6-2-1-3-7-11)10-15(23(27)28)16-17(18)20(25)13-9-5-4-8-12(13)19(16)24/h1-10H,22H2. The molecule has 0 radical (unpaired) electrons. The van der Waals surface area contributed by atoms with Gasteiger partial charge in [0.1, 0.15) is 11.3 Å². The number of ketones is 2. The highest BCUT2D eigenvalue weighted by Crippen LogP contribution is 2.38. The lowest BCUT2D eigenvalue weighted by Crippen LogP contribution is -2.25. The van der Waals surface area contributed by atoms with Crippen molar-refractivity contribution in [2.75, 3.05) is 5.73 Å². The Labute approximate surface area is 163 Å². The van der Waals surface area contributed by atoms with Crippen LogP contribution in [0.3, 0.4) is 0 Å². The minimum absolute atomic E-state index is 0.0483. The number of anilines is 1. The van der Waals surface area contributed by atoms with E-state index in [0.717, 1.165) is 6.07 Å². The predicted octanol–water partition coefficient (Wildman–Crippen LogP) is 3.17. The Morgan fingerprint density at radius 2 is 1.45 bits per heavy atom. The Balaban J connectivity index is 1.92. The van der Waals surface area contributed by atoms with Crippen LogP contribution < -0.4 is 10.5 Å². The molecule has 29 heavy (non-hydrogen) atoms. The summed E-state index contributed by atoms with van der Waals surface area (Å²) >= 11 is 0. The molecule has 0 fully saturated rings. The zero-order chi connectivity index (χ0) is 20.7. The molecule has 4 rings (SSSR count). The summed E-state index contributed by atoms with van der Waals surface area (Å²) in [6.07, 6.45) is 0.